The van der Waals surface area contributed by atoms with E-state index < -0.39 is 0 Å². The number of rotatable bonds is 4. The first-order valence-electron chi connectivity index (χ1n) is 7.25. The van der Waals surface area contributed by atoms with Gasteiger partial charge in [-0.15, -0.1) is 0 Å². The molecule has 4 nitrogen and oxygen atoms in total. The van der Waals surface area contributed by atoms with Gasteiger partial charge in [0.2, 0.25) is 0 Å². The fourth-order valence-electron chi connectivity index (χ4n) is 2.74. The SMILES string of the molecule is CCCOc1cccc2c1[nH]c(=S)n2C1CCCOC1. The average Bonchev–Trinajstić information content (AvgIpc) is 2.82. The molecule has 0 bridgehead atoms. The number of nitrogens with zero attached hydrogens (tertiary/aromatic N) is 1. The van der Waals surface area contributed by atoms with Crippen molar-refractivity contribution < 1.29 is 9.47 Å². The van der Waals surface area contributed by atoms with E-state index in [0.29, 0.717) is 6.04 Å². The van der Waals surface area contributed by atoms with Crippen LogP contribution in [-0.4, -0.2) is 29.4 Å². The highest BCUT2D eigenvalue weighted by Gasteiger charge is 2.20. The number of ether oxygens (including phenoxy) is 2. The minimum absolute atomic E-state index is 0.325. The van der Waals surface area contributed by atoms with Gasteiger partial charge in [0, 0.05) is 6.61 Å². The number of H-pyrrole nitrogens is 1. The molecule has 0 radical (unpaired) electrons. The monoisotopic (exact) mass is 292 g/mol. The molecule has 3 rings (SSSR count). The van der Waals surface area contributed by atoms with E-state index in [2.05, 4.69) is 22.5 Å². The molecule has 1 fully saturated rings. The van der Waals surface area contributed by atoms with Crippen LogP contribution in [0, 0.1) is 4.77 Å². The summed E-state index contributed by atoms with van der Waals surface area (Å²) >= 11 is 5.50. The third kappa shape index (κ3) is 2.47. The molecule has 1 aromatic heterocycles. The predicted molar refractivity (Wildman–Crippen MR) is 82.0 cm³/mol. The van der Waals surface area contributed by atoms with E-state index in [-0.39, 0.29) is 0 Å². The van der Waals surface area contributed by atoms with Crippen LogP contribution in [0.15, 0.2) is 18.2 Å². The fraction of sp³-hybridized carbons (Fsp3) is 0.533. The standard InChI is InChI=1S/C15H20N2O2S/c1-2-8-19-13-7-3-6-12-14(13)16-15(20)17(12)11-5-4-9-18-10-11/h3,6-7,11H,2,4-5,8-10H2,1H3,(H,16,20). The minimum atomic E-state index is 0.325. The van der Waals surface area contributed by atoms with Crippen LogP contribution in [-0.2, 0) is 4.74 Å². The van der Waals surface area contributed by atoms with Gasteiger partial charge in [-0.3, -0.25) is 0 Å². The molecule has 108 valence electrons. The Morgan fingerprint density at radius 3 is 3.15 bits per heavy atom. The Hall–Kier alpha value is -1.33. The quantitative estimate of drug-likeness (QED) is 0.870. The van der Waals surface area contributed by atoms with Crippen molar-refractivity contribution in [2.75, 3.05) is 19.8 Å². The van der Waals surface area contributed by atoms with Gasteiger partial charge in [-0.05, 0) is 43.6 Å². The van der Waals surface area contributed by atoms with Crippen LogP contribution >= 0.6 is 12.2 Å². The third-order valence-electron chi connectivity index (χ3n) is 3.68. The van der Waals surface area contributed by atoms with Gasteiger partial charge in [0.15, 0.2) is 4.77 Å². The zero-order chi connectivity index (χ0) is 13.9. The molecule has 1 aliphatic heterocycles. The molecule has 0 amide bonds. The first-order chi connectivity index (χ1) is 9.81. The van der Waals surface area contributed by atoms with Gasteiger partial charge in [-0.1, -0.05) is 13.0 Å². The Morgan fingerprint density at radius 2 is 2.40 bits per heavy atom. The predicted octanol–water partition coefficient (Wildman–Crippen LogP) is 3.84. The number of aromatic amines is 1. The van der Waals surface area contributed by atoms with Crippen LogP contribution < -0.4 is 4.74 Å². The second kappa shape index (κ2) is 5.97. The zero-order valence-electron chi connectivity index (χ0n) is 11.7. The van der Waals surface area contributed by atoms with Gasteiger partial charge < -0.3 is 19.0 Å². The van der Waals surface area contributed by atoms with E-state index in [1.807, 2.05) is 12.1 Å². The van der Waals surface area contributed by atoms with E-state index in [4.69, 9.17) is 21.7 Å². The van der Waals surface area contributed by atoms with Crippen molar-refractivity contribution in [2.45, 2.75) is 32.2 Å². The minimum Gasteiger partial charge on any atom is -0.491 e. The number of para-hydroxylation sites is 1. The van der Waals surface area contributed by atoms with Gasteiger partial charge in [-0.25, -0.2) is 0 Å². The van der Waals surface area contributed by atoms with E-state index in [0.717, 1.165) is 60.6 Å². The van der Waals surface area contributed by atoms with Crippen molar-refractivity contribution in [3.63, 3.8) is 0 Å². The number of hydrogen-bond donors (Lipinski definition) is 1. The smallest absolute Gasteiger partial charge is 0.178 e. The summed E-state index contributed by atoms with van der Waals surface area (Å²) in [6.45, 7) is 4.42. The van der Waals surface area contributed by atoms with E-state index in [1.54, 1.807) is 0 Å². The lowest BCUT2D eigenvalue weighted by atomic mass is 10.1. The lowest BCUT2D eigenvalue weighted by Gasteiger charge is -2.24. The molecule has 2 aromatic rings. The highest BCUT2D eigenvalue weighted by atomic mass is 32.1. The van der Waals surface area contributed by atoms with Gasteiger partial charge in [0.1, 0.15) is 11.3 Å². The summed E-state index contributed by atoms with van der Waals surface area (Å²) in [5, 5.41) is 0. The second-order valence-corrected chi connectivity index (χ2v) is 5.56. The summed E-state index contributed by atoms with van der Waals surface area (Å²) in [6, 6.07) is 6.43. The summed E-state index contributed by atoms with van der Waals surface area (Å²) < 4.78 is 14.3. The number of hydrogen-bond acceptors (Lipinski definition) is 3. The van der Waals surface area contributed by atoms with Crippen molar-refractivity contribution in [3.05, 3.63) is 23.0 Å². The Bertz CT molecular complexity index is 641. The number of imidazole rings is 1. The Morgan fingerprint density at radius 1 is 1.50 bits per heavy atom. The van der Waals surface area contributed by atoms with Crippen LogP contribution in [0.3, 0.4) is 0 Å². The molecule has 0 spiro atoms. The molecule has 1 atom stereocenters. The maximum atomic E-state index is 5.80. The van der Waals surface area contributed by atoms with Crippen LogP contribution in [0.1, 0.15) is 32.2 Å². The molecular formula is C15H20N2O2S. The number of benzene rings is 1. The molecule has 0 aliphatic carbocycles. The fourth-order valence-corrected chi connectivity index (χ4v) is 3.09. The normalized spacial score (nSPS) is 19.4. The maximum absolute atomic E-state index is 5.80. The second-order valence-electron chi connectivity index (χ2n) is 5.17. The molecule has 1 unspecified atom stereocenters. The van der Waals surface area contributed by atoms with Gasteiger partial charge >= 0.3 is 0 Å². The molecule has 1 saturated heterocycles. The van der Waals surface area contributed by atoms with Crippen molar-refractivity contribution in [1.82, 2.24) is 9.55 Å². The van der Waals surface area contributed by atoms with Crippen molar-refractivity contribution in [2.24, 2.45) is 0 Å². The summed E-state index contributed by atoms with van der Waals surface area (Å²) in [6.07, 6.45) is 3.20. The summed E-state index contributed by atoms with van der Waals surface area (Å²) in [5.41, 5.74) is 2.11. The zero-order valence-corrected chi connectivity index (χ0v) is 12.5. The third-order valence-corrected chi connectivity index (χ3v) is 3.98. The van der Waals surface area contributed by atoms with Crippen LogP contribution in [0.5, 0.6) is 5.75 Å². The van der Waals surface area contributed by atoms with Crippen LogP contribution in [0.25, 0.3) is 11.0 Å². The van der Waals surface area contributed by atoms with Gasteiger partial charge in [0.25, 0.3) is 0 Å². The van der Waals surface area contributed by atoms with Crippen LogP contribution in [0.4, 0.5) is 0 Å². The Kier molecular flexibility index (Phi) is 4.08. The van der Waals surface area contributed by atoms with E-state index in [1.165, 1.54) is 0 Å². The van der Waals surface area contributed by atoms with Crippen molar-refractivity contribution in [3.8, 4) is 5.75 Å². The first-order valence-corrected chi connectivity index (χ1v) is 7.66. The lowest BCUT2D eigenvalue weighted by Crippen LogP contribution is -2.21. The van der Waals surface area contributed by atoms with Gasteiger partial charge in [-0.2, -0.15) is 0 Å². The number of aromatic nitrogens is 2. The first kappa shape index (κ1) is 13.6. The van der Waals surface area contributed by atoms with E-state index >= 15 is 0 Å². The molecule has 1 N–H and O–H groups in total. The summed E-state index contributed by atoms with van der Waals surface area (Å²) in [7, 11) is 0. The molecule has 1 aromatic carbocycles. The van der Waals surface area contributed by atoms with Crippen molar-refractivity contribution >= 4 is 23.3 Å². The lowest BCUT2D eigenvalue weighted by molar-refractivity contribution is 0.0600. The molecule has 1 aliphatic rings. The Balaban J connectivity index is 2.04. The largest absolute Gasteiger partial charge is 0.491 e. The molecular weight excluding hydrogens is 272 g/mol. The Labute approximate surface area is 123 Å². The molecule has 20 heavy (non-hydrogen) atoms. The maximum Gasteiger partial charge on any atom is 0.178 e. The summed E-state index contributed by atoms with van der Waals surface area (Å²) in [4.78, 5) is 3.30. The van der Waals surface area contributed by atoms with Crippen molar-refractivity contribution in [1.29, 1.82) is 0 Å². The highest BCUT2D eigenvalue weighted by molar-refractivity contribution is 7.71. The number of fused-ring (bicyclic) bond motifs is 1. The highest BCUT2D eigenvalue weighted by Crippen LogP contribution is 2.30. The molecule has 0 saturated carbocycles. The topological polar surface area (TPSA) is 39.2 Å². The van der Waals surface area contributed by atoms with E-state index in [9.17, 15) is 0 Å². The summed E-state index contributed by atoms with van der Waals surface area (Å²) in [5.74, 6) is 0.880. The van der Waals surface area contributed by atoms with Gasteiger partial charge in [0.05, 0.1) is 24.8 Å². The van der Waals surface area contributed by atoms with Crippen LogP contribution in [0.2, 0.25) is 0 Å². The molecule has 5 heteroatoms. The number of nitrogens with one attached hydrogen (secondary N) is 1. The molecule has 2 heterocycles. The average molecular weight is 292 g/mol.